The van der Waals surface area contributed by atoms with Crippen molar-refractivity contribution in [1.29, 1.82) is 0 Å². The first-order valence-corrected chi connectivity index (χ1v) is 11.7. The van der Waals surface area contributed by atoms with Crippen LogP contribution in [-0.4, -0.2) is 24.8 Å². The van der Waals surface area contributed by atoms with Crippen LogP contribution in [0.2, 0.25) is 0 Å². The first-order chi connectivity index (χ1) is 12.4. The smallest absolute Gasteiger partial charge is 0.0443 e. The molecule has 0 spiro atoms. The molecule has 0 aliphatic heterocycles. The van der Waals surface area contributed by atoms with Gasteiger partial charge in [0.2, 0.25) is 0 Å². The van der Waals surface area contributed by atoms with Crippen LogP contribution in [-0.2, 0) is 0 Å². The zero-order chi connectivity index (χ0) is 18.3. The minimum Gasteiger partial charge on any atom is -0.396 e. The average molecular weight is 356 g/mol. The summed E-state index contributed by atoms with van der Waals surface area (Å²) in [7, 11) is 0. The Bertz CT molecular complexity index is 198. The molecular weight excluding hydrogens is 306 g/mol. The van der Waals surface area contributed by atoms with E-state index in [9.17, 15) is 0 Å². The van der Waals surface area contributed by atoms with Gasteiger partial charge in [-0.15, -0.1) is 0 Å². The summed E-state index contributed by atoms with van der Waals surface area (Å²) >= 11 is 0. The number of rotatable bonds is 22. The second-order valence-corrected chi connectivity index (χ2v) is 7.84. The van der Waals surface area contributed by atoms with E-state index in [1.54, 1.807) is 0 Å². The van der Waals surface area contributed by atoms with E-state index in [-0.39, 0.29) is 0 Å². The topological polar surface area (TPSA) is 32.3 Å². The Hall–Kier alpha value is -0.0800. The van der Waals surface area contributed by atoms with Crippen LogP contribution >= 0.6 is 0 Å². The highest BCUT2D eigenvalue weighted by Gasteiger charge is 1.95. The van der Waals surface area contributed by atoms with Gasteiger partial charge < -0.3 is 10.4 Å². The predicted molar refractivity (Wildman–Crippen MR) is 113 cm³/mol. The summed E-state index contributed by atoms with van der Waals surface area (Å²) in [6, 6.07) is 0. The Kier molecular flexibility index (Phi) is 23.8. The number of nitrogens with one attached hydrogen (secondary N) is 1. The van der Waals surface area contributed by atoms with Crippen molar-refractivity contribution in [2.45, 2.75) is 129 Å². The van der Waals surface area contributed by atoms with E-state index in [0.29, 0.717) is 6.61 Å². The van der Waals surface area contributed by atoms with Crippen LogP contribution in [0.1, 0.15) is 129 Å². The molecule has 0 radical (unpaired) electrons. The molecule has 0 saturated heterocycles. The summed E-state index contributed by atoms with van der Waals surface area (Å²) in [5.41, 5.74) is 0. The van der Waals surface area contributed by atoms with Crippen molar-refractivity contribution in [3.63, 3.8) is 0 Å². The Morgan fingerprint density at radius 1 is 0.440 bits per heavy atom. The van der Waals surface area contributed by atoms with Gasteiger partial charge in [0.05, 0.1) is 0 Å². The molecule has 0 bridgehead atoms. The molecule has 0 aliphatic carbocycles. The third kappa shape index (κ3) is 23.9. The average Bonchev–Trinajstić information content (AvgIpc) is 2.63. The van der Waals surface area contributed by atoms with E-state index < -0.39 is 0 Å². The van der Waals surface area contributed by atoms with Gasteiger partial charge in [-0.2, -0.15) is 0 Å². The van der Waals surface area contributed by atoms with Crippen LogP contribution < -0.4 is 5.32 Å². The maximum absolute atomic E-state index is 8.68. The Morgan fingerprint density at radius 2 is 0.760 bits per heavy atom. The Labute approximate surface area is 159 Å². The molecule has 152 valence electrons. The standard InChI is InChI=1S/C23H49NO/c1-2-3-4-5-6-7-8-9-10-11-12-13-14-15-16-17-18-19-21-24-22-20-23-25/h24-25H,2-23H2,1H3. The first kappa shape index (κ1) is 24.9. The highest BCUT2D eigenvalue weighted by Crippen LogP contribution is 2.14. The lowest BCUT2D eigenvalue weighted by molar-refractivity contribution is 0.286. The zero-order valence-electron chi connectivity index (χ0n) is 17.5. The van der Waals surface area contributed by atoms with Gasteiger partial charge in [-0.05, 0) is 25.9 Å². The highest BCUT2D eigenvalue weighted by molar-refractivity contribution is 4.52. The van der Waals surface area contributed by atoms with Crippen molar-refractivity contribution >= 4 is 0 Å². The van der Waals surface area contributed by atoms with E-state index in [4.69, 9.17) is 5.11 Å². The molecule has 0 rings (SSSR count). The van der Waals surface area contributed by atoms with E-state index >= 15 is 0 Å². The summed E-state index contributed by atoms with van der Waals surface area (Å²) in [6.45, 7) is 4.70. The Balaban J connectivity index is 2.94. The summed E-state index contributed by atoms with van der Waals surface area (Å²) in [4.78, 5) is 0. The van der Waals surface area contributed by atoms with Gasteiger partial charge in [-0.25, -0.2) is 0 Å². The third-order valence-electron chi connectivity index (χ3n) is 5.22. The molecule has 0 fully saturated rings. The molecule has 25 heavy (non-hydrogen) atoms. The monoisotopic (exact) mass is 355 g/mol. The predicted octanol–water partition coefficient (Wildman–Crippen LogP) is 7.00. The van der Waals surface area contributed by atoms with E-state index in [1.165, 1.54) is 116 Å². The maximum Gasteiger partial charge on any atom is 0.0443 e. The van der Waals surface area contributed by atoms with Gasteiger partial charge >= 0.3 is 0 Å². The van der Waals surface area contributed by atoms with Gasteiger partial charge in [-0.1, -0.05) is 116 Å². The Morgan fingerprint density at radius 3 is 1.12 bits per heavy atom. The molecule has 2 N–H and O–H groups in total. The van der Waals surface area contributed by atoms with Crippen LogP contribution in [0.3, 0.4) is 0 Å². The fourth-order valence-corrected chi connectivity index (χ4v) is 3.48. The maximum atomic E-state index is 8.68. The summed E-state index contributed by atoms with van der Waals surface area (Å²) < 4.78 is 0. The summed E-state index contributed by atoms with van der Waals surface area (Å²) in [5, 5.41) is 12.1. The number of unbranched alkanes of at least 4 members (excludes halogenated alkanes) is 17. The van der Waals surface area contributed by atoms with Gasteiger partial charge in [0, 0.05) is 6.61 Å². The first-order valence-electron chi connectivity index (χ1n) is 11.7. The molecule has 0 heterocycles. The molecule has 0 unspecified atom stereocenters. The second kappa shape index (κ2) is 23.9. The highest BCUT2D eigenvalue weighted by atomic mass is 16.3. The van der Waals surface area contributed by atoms with Crippen LogP contribution in [0.5, 0.6) is 0 Å². The van der Waals surface area contributed by atoms with Crippen molar-refractivity contribution < 1.29 is 5.11 Å². The van der Waals surface area contributed by atoms with Crippen molar-refractivity contribution in [2.24, 2.45) is 0 Å². The molecule has 0 amide bonds. The SMILES string of the molecule is CCCCCCCCCCCCCCCCCCCCNCCCO. The van der Waals surface area contributed by atoms with Crippen molar-refractivity contribution in [3.05, 3.63) is 0 Å². The number of aliphatic hydroxyl groups is 1. The van der Waals surface area contributed by atoms with Gasteiger partial charge in [0.15, 0.2) is 0 Å². The summed E-state index contributed by atoms with van der Waals surface area (Å²) in [6.07, 6.45) is 26.7. The lowest BCUT2D eigenvalue weighted by Crippen LogP contribution is -2.17. The quantitative estimate of drug-likeness (QED) is 0.205. The number of hydrogen-bond acceptors (Lipinski definition) is 2. The van der Waals surface area contributed by atoms with Gasteiger partial charge in [0.25, 0.3) is 0 Å². The lowest BCUT2D eigenvalue weighted by atomic mass is 10.0. The molecule has 0 aromatic heterocycles. The minimum absolute atomic E-state index is 0.312. The molecule has 2 heteroatoms. The molecule has 0 aromatic rings. The van der Waals surface area contributed by atoms with Crippen LogP contribution in [0, 0.1) is 0 Å². The van der Waals surface area contributed by atoms with Crippen LogP contribution in [0.4, 0.5) is 0 Å². The molecule has 0 aliphatic rings. The van der Waals surface area contributed by atoms with Gasteiger partial charge in [0.1, 0.15) is 0 Å². The normalized spacial score (nSPS) is 11.3. The molecule has 0 aromatic carbocycles. The van der Waals surface area contributed by atoms with Crippen molar-refractivity contribution in [3.8, 4) is 0 Å². The van der Waals surface area contributed by atoms with E-state index in [1.807, 2.05) is 0 Å². The largest absolute Gasteiger partial charge is 0.396 e. The molecule has 0 atom stereocenters. The zero-order valence-corrected chi connectivity index (χ0v) is 17.5. The second-order valence-electron chi connectivity index (χ2n) is 7.84. The van der Waals surface area contributed by atoms with Crippen LogP contribution in [0.25, 0.3) is 0 Å². The fraction of sp³-hybridized carbons (Fsp3) is 1.00. The van der Waals surface area contributed by atoms with Crippen LogP contribution in [0.15, 0.2) is 0 Å². The fourth-order valence-electron chi connectivity index (χ4n) is 3.48. The van der Waals surface area contributed by atoms with Gasteiger partial charge in [-0.3, -0.25) is 0 Å². The molecule has 2 nitrogen and oxygen atoms in total. The number of aliphatic hydroxyl groups excluding tert-OH is 1. The minimum atomic E-state index is 0.312. The number of hydrogen-bond donors (Lipinski definition) is 2. The van der Waals surface area contributed by atoms with Crippen molar-refractivity contribution in [2.75, 3.05) is 19.7 Å². The van der Waals surface area contributed by atoms with E-state index in [0.717, 1.165) is 19.5 Å². The van der Waals surface area contributed by atoms with Crippen molar-refractivity contribution in [1.82, 2.24) is 5.32 Å². The third-order valence-corrected chi connectivity index (χ3v) is 5.22. The lowest BCUT2D eigenvalue weighted by Gasteiger charge is -2.04. The summed E-state index contributed by atoms with van der Waals surface area (Å²) in [5.74, 6) is 0. The van der Waals surface area contributed by atoms with E-state index in [2.05, 4.69) is 12.2 Å². The molecule has 0 saturated carbocycles. The molecular formula is C23H49NO.